The number of fused-ring (bicyclic) bond motifs is 1. The summed E-state index contributed by atoms with van der Waals surface area (Å²) in [5, 5.41) is 2.95. The summed E-state index contributed by atoms with van der Waals surface area (Å²) in [6, 6.07) is 9.83. The predicted molar refractivity (Wildman–Crippen MR) is 112 cm³/mol. The van der Waals surface area contributed by atoms with Crippen LogP contribution in [0.5, 0.6) is 5.75 Å². The van der Waals surface area contributed by atoms with Crippen LogP contribution in [0, 0.1) is 6.92 Å². The highest BCUT2D eigenvalue weighted by Gasteiger charge is 2.26. The molecule has 30 heavy (non-hydrogen) atoms. The van der Waals surface area contributed by atoms with Gasteiger partial charge in [0, 0.05) is 28.5 Å². The van der Waals surface area contributed by atoms with E-state index in [4.69, 9.17) is 16.3 Å². The molecule has 2 N–H and O–H groups in total. The molecule has 1 aromatic carbocycles. The van der Waals surface area contributed by atoms with Crippen molar-refractivity contribution < 1.29 is 17.9 Å². The van der Waals surface area contributed by atoms with Crippen LogP contribution in [0.4, 0.5) is 11.6 Å². The van der Waals surface area contributed by atoms with Crippen LogP contribution in [0.15, 0.2) is 53.7 Å². The lowest BCUT2D eigenvalue weighted by molar-refractivity contribution is -0.115. The molecule has 1 amide bonds. The normalized spacial score (nSPS) is 12.9. The number of rotatable bonds is 6. The molecular weight excluding hydrogens is 428 g/mol. The van der Waals surface area contributed by atoms with Crippen molar-refractivity contribution in [1.29, 1.82) is 0 Å². The molecule has 0 atom stereocenters. The molecular formula is C20H17ClN4O4S. The van der Waals surface area contributed by atoms with Crippen LogP contribution in [-0.2, 0) is 27.8 Å². The number of amides is 1. The number of nitrogens with one attached hydrogen (secondary N) is 2. The zero-order valence-electron chi connectivity index (χ0n) is 15.8. The average molecular weight is 445 g/mol. The first-order valence-electron chi connectivity index (χ1n) is 8.97. The molecule has 3 aromatic rings. The second kappa shape index (κ2) is 7.92. The minimum absolute atomic E-state index is 0.0274. The second-order valence-electron chi connectivity index (χ2n) is 6.69. The van der Waals surface area contributed by atoms with E-state index in [0.29, 0.717) is 22.0 Å². The molecule has 0 unspecified atom stereocenters. The van der Waals surface area contributed by atoms with E-state index in [0.717, 1.165) is 5.56 Å². The van der Waals surface area contributed by atoms with Crippen molar-refractivity contribution in [3.63, 3.8) is 0 Å². The molecule has 0 fully saturated rings. The van der Waals surface area contributed by atoms with Crippen LogP contribution < -0.4 is 14.8 Å². The molecule has 4 rings (SSSR count). The van der Waals surface area contributed by atoms with Gasteiger partial charge in [-0.3, -0.25) is 14.5 Å². The van der Waals surface area contributed by atoms with E-state index >= 15 is 0 Å². The number of benzene rings is 1. The maximum Gasteiger partial charge on any atom is 0.263 e. The van der Waals surface area contributed by atoms with Gasteiger partial charge in [-0.15, -0.1) is 0 Å². The summed E-state index contributed by atoms with van der Waals surface area (Å²) >= 11 is 6.08. The fourth-order valence-corrected chi connectivity index (χ4v) is 4.53. The van der Waals surface area contributed by atoms with Crippen LogP contribution in [0.1, 0.15) is 16.7 Å². The van der Waals surface area contributed by atoms with Gasteiger partial charge in [-0.25, -0.2) is 13.4 Å². The Morgan fingerprint density at radius 2 is 2.10 bits per heavy atom. The first kappa shape index (κ1) is 20.1. The number of hydrogen-bond acceptors (Lipinski definition) is 6. The number of ether oxygens (including phenoxy) is 1. The molecule has 1 aliphatic rings. The molecule has 3 heterocycles. The summed E-state index contributed by atoms with van der Waals surface area (Å²) in [7, 11) is -4.00. The Hall–Kier alpha value is -3.17. The third-order valence-electron chi connectivity index (χ3n) is 4.53. The third-order valence-corrected chi connectivity index (χ3v) is 6.42. The SMILES string of the molecule is Cc1c(Cl)cccc1S(=O)(=O)Nc1nc2c(cc1OCc1cccnc1)CC(=O)N2. The van der Waals surface area contributed by atoms with Crippen molar-refractivity contribution in [2.24, 2.45) is 0 Å². The number of aromatic nitrogens is 2. The third kappa shape index (κ3) is 4.07. The Morgan fingerprint density at radius 3 is 2.87 bits per heavy atom. The summed E-state index contributed by atoms with van der Waals surface area (Å²) in [6.45, 7) is 1.77. The van der Waals surface area contributed by atoms with Gasteiger partial charge >= 0.3 is 0 Å². The molecule has 1 aliphatic heterocycles. The van der Waals surface area contributed by atoms with E-state index in [1.54, 1.807) is 43.6 Å². The minimum atomic E-state index is -4.00. The van der Waals surface area contributed by atoms with Crippen LogP contribution >= 0.6 is 11.6 Å². The maximum absolute atomic E-state index is 13.0. The number of halogens is 1. The van der Waals surface area contributed by atoms with E-state index in [2.05, 4.69) is 20.0 Å². The van der Waals surface area contributed by atoms with Gasteiger partial charge < -0.3 is 10.1 Å². The van der Waals surface area contributed by atoms with Gasteiger partial charge in [0.25, 0.3) is 10.0 Å². The largest absolute Gasteiger partial charge is 0.485 e. The smallest absolute Gasteiger partial charge is 0.263 e. The van der Waals surface area contributed by atoms with Crippen molar-refractivity contribution in [3.05, 3.63) is 70.5 Å². The van der Waals surface area contributed by atoms with Crippen LogP contribution in [0.25, 0.3) is 0 Å². The Balaban J connectivity index is 1.70. The summed E-state index contributed by atoms with van der Waals surface area (Å²) in [4.78, 5) is 20.1. The molecule has 0 aliphatic carbocycles. The molecule has 154 valence electrons. The molecule has 2 aromatic heterocycles. The lowest BCUT2D eigenvalue weighted by atomic mass is 10.2. The van der Waals surface area contributed by atoms with Gasteiger partial charge in [-0.1, -0.05) is 23.7 Å². The van der Waals surface area contributed by atoms with E-state index < -0.39 is 10.0 Å². The lowest BCUT2D eigenvalue weighted by Crippen LogP contribution is -2.17. The van der Waals surface area contributed by atoms with Crippen LogP contribution in [0.3, 0.4) is 0 Å². The fourth-order valence-electron chi connectivity index (χ4n) is 3.01. The number of nitrogens with zero attached hydrogens (tertiary/aromatic N) is 2. The van der Waals surface area contributed by atoms with Crippen molar-refractivity contribution in [2.45, 2.75) is 24.8 Å². The maximum atomic E-state index is 13.0. The van der Waals surface area contributed by atoms with Crippen molar-refractivity contribution in [3.8, 4) is 5.75 Å². The van der Waals surface area contributed by atoms with Crippen molar-refractivity contribution in [1.82, 2.24) is 9.97 Å². The summed E-state index contributed by atoms with van der Waals surface area (Å²) in [5.74, 6) is 0.257. The molecule has 0 radical (unpaired) electrons. The van der Waals surface area contributed by atoms with Gasteiger partial charge in [0.15, 0.2) is 11.6 Å². The van der Waals surface area contributed by atoms with Crippen molar-refractivity contribution in [2.75, 3.05) is 10.0 Å². The quantitative estimate of drug-likeness (QED) is 0.603. The number of carbonyl (C=O) groups excluding carboxylic acids is 1. The molecule has 10 heteroatoms. The summed E-state index contributed by atoms with van der Waals surface area (Å²) < 4.78 is 34.3. The standard InChI is InChI=1S/C20H17ClN4O4S/c1-12-15(21)5-2-6-17(12)30(27,28)25-20-16(29-11-13-4-3-7-22-10-13)8-14-9-18(26)23-19(14)24-20/h2-8,10H,9,11H2,1H3,(H2,23,24,25,26). The number of carbonyl (C=O) groups is 1. The van der Waals surface area contributed by atoms with Gasteiger partial charge in [-0.05, 0) is 36.8 Å². The van der Waals surface area contributed by atoms with Crippen LogP contribution in [-0.4, -0.2) is 24.3 Å². The average Bonchev–Trinajstić information content (AvgIpc) is 3.07. The molecule has 0 saturated heterocycles. The number of hydrogen-bond donors (Lipinski definition) is 2. The highest BCUT2D eigenvalue weighted by atomic mass is 35.5. The molecule has 0 spiro atoms. The Morgan fingerprint density at radius 1 is 1.27 bits per heavy atom. The highest BCUT2D eigenvalue weighted by Crippen LogP contribution is 2.34. The van der Waals surface area contributed by atoms with Gasteiger partial charge in [0.1, 0.15) is 12.4 Å². The van der Waals surface area contributed by atoms with E-state index in [-0.39, 0.29) is 35.4 Å². The van der Waals surface area contributed by atoms with Gasteiger partial charge in [-0.2, -0.15) is 0 Å². The molecule has 8 nitrogen and oxygen atoms in total. The first-order chi connectivity index (χ1) is 14.3. The number of anilines is 2. The number of sulfonamides is 1. The van der Waals surface area contributed by atoms with E-state index in [9.17, 15) is 13.2 Å². The Kier molecular flexibility index (Phi) is 5.31. The Bertz CT molecular complexity index is 1230. The predicted octanol–water partition coefficient (Wildman–Crippen LogP) is 3.31. The van der Waals surface area contributed by atoms with Gasteiger partial charge in [0.05, 0.1) is 11.3 Å². The zero-order valence-corrected chi connectivity index (χ0v) is 17.4. The first-order valence-corrected chi connectivity index (χ1v) is 10.8. The van der Waals surface area contributed by atoms with E-state index in [1.807, 2.05) is 6.07 Å². The van der Waals surface area contributed by atoms with Crippen molar-refractivity contribution >= 4 is 39.2 Å². The highest BCUT2D eigenvalue weighted by molar-refractivity contribution is 7.92. The van der Waals surface area contributed by atoms with E-state index in [1.165, 1.54) is 6.07 Å². The second-order valence-corrected chi connectivity index (χ2v) is 8.74. The Labute approximate surface area is 178 Å². The lowest BCUT2D eigenvalue weighted by Gasteiger charge is -2.15. The fraction of sp³-hybridized carbons (Fsp3) is 0.150. The van der Waals surface area contributed by atoms with Crippen LogP contribution in [0.2, 0.25) is 5.02 Å². The number of pyridine rings is 2. The summed E-state index contributed by atoms with van der Waals surface area (Å²) in [5.41, 5.74) is 1.84. The zero-order chi connectivity index (χ0) is 21.3. The topological polar surface area (TPSA) is 110 Å². The monoisotopic (exact) mass is 444 g/mol. The molecule has 0 bridgehead atoms. The van der Waals surface area contributed by atoms with Gasteiger partial charge in [0.2, 0.25) is 5.91 Å². The minimum Gasteiger partial charge on any atom is -0.485 e. The molecule has 0 saturated carbocycles. The summed E-state index contributed by atoms with van der Waals surface area (Å²) in [6.07, 6.45) is 3.43.